The number of nitrogens with one attached hydrogen (secondary N) is 1. The molecule has 0 aliphatic carbocycles. The molecule has 0 bridgehead atoms. The van der Waals surface area contributed by atoms with Crippen LogP contribution in [0.2, 0.25) is 0 Å². The van der Waals surface area contributed by atoms with E-state index in [9.17, 15) is 5.26 Å². The molecule has 1 N–H and O–H groups in total. The second-order valence-corrected chi connectivity index (χ2v) is 6.57. The topological polar surface area (TPSA) is 52.0 Å². The van der Waals surface area contributed by atoms with Crippen molar-refractivity contribution in [3.63, 3.8) is 0 Å². The SMILES string of the molecule is CC1(C)Cc2c(c(N3CCCC3)[nH]c(=S)c2C#N)CO1. The molecule has 2 aliphatic heterocycles. The lowest BCUT2D eigenvalue weighted by Gasteiger charge is -2.34. The van der Waals surface area contributed by atoms with Gasteiger partial charge in [-0.05, 0) is 32.3 Å². The Kier molecular flexibility index (Phi) is 3.31. The highest BCUT2D eigenvalue weighted by atomic mass is 32.1. The zero-order chi connectivity index (χ0) is 14.3. The largest absolute Gasteiger partial charge is 0.370 e. The summed E-state index contributed by atoms with van der Waals surface area (Å²) in [5.74, 6) is 1.07. The van der Waals surface area contributed by atoms with E-state index >= 15 is 0 Å². The maximum absolute atomic E-state index is 9.41. The van der Waals surface area contributed by atoms with Gasteiger partial charge in [-0.1, -0.05) is 12.2 Å². The Hall–Kier alpha value is -1.38. The molecule has 106 valence electrons. The zero-order valence-corrected chi connectivity index (χ0v) is 12.8. The Bertz CT molecular complexity index is 636. The first-order valence-corrected chi connectivity index (χ1v) is 7.50. The molecule has 1 aromatic heterocycles. The minimum Gasteiger partial charge on any atom is -0.370 e. The number of rotatable bonds is 1. The molecule has 20 heavy (non-hydrogen) atoms. The first kappa shape index (κ1) is 13.6. The summed E-state index contributed by atoms with van der Waals surface area (Å²) in [4.78, 5) is 5.59. The van der Waals surface area contributed by atoms with Crippen LogP contribution in [0, 0.1) is 16.0 Å². The molecule has 3 heterocycles. The average molecular weight is 289 g/mol. The van der Waals surface area contributed by atoms with Crippen molar-refractivity contribution in [1.82, 2.24) is 4.98 Å². The number of fused-ring (bicyclic) bond motifs is 1. The number of aromatic nitrogens is 1. The van der Waals surface area contributed by atoms with Crippen LogP contribution in [0.15, 0.2) is 0 Å². The molecule has 0 aromatic carbocycles. The molecule has 0 radical (unpaired) electrons. The van der Waals surface area contributed by atoms with E-state index in [0.717, 1.165) is 36.5 Å². The quantitative estimate of drug-likeness (QED) is 0.807. The van der Waals surface area contributed by atoms with Crippen molar-refractivity contribution in [1.29, 1.82) is 5.26 Å². The summed E-state index contributed by atoms with van der Waals surface area (Å²) in [5, 5.41) is 9.41. The smallest absolute Gasteiger partial charge is 0.123 e. The summed E-state index contributed by atoms with van der Waals surface area (Å²) in [6.07, 6.45) is 3.16. The lowest BCUT2D eigenvalue weighted by atomic mass is 9.89. The van der Waals surface area contributed by atoms with Crippen LogP contribution in [0.25, 0.3) is 0 Å². The third-order valence-electron chi connectivity index (χ3n) is 4.15. The fraction of sp³-hybridized carbons (Fsp3) is 0.600. The van der Waals surface area contributed by atoms with E-state index in [4.69, 9.17) is 17.0 Å². The van der Waals surface area contributed by atoms with Gasteiger partial charge in [0.15, 0.2) is 0 Å². The fourth-order valence-corrected chi connectivity index (χ4v) is 3.37. The molecule has 1 aromatic rings. The second-order valence-electron chi connectivity index (χ2n) is 6.17. The molecule has 5 heteroatoms. The van der Waals surface area contributed by atoms with E-state index in [1.165, 1.54) is 12.8 Å². The van der Waals surface area contributed by atoms with E-state index in [-0.39, 0.29) is 5.60 Å². The highest BCUT2D eigenvalue weighted by Gasteiger charge is 2.32. The Morgan fingerprint density at radius 2 is 2.00 bits per heavy atom. The summed E-state index contributed by atoms with van der Waals surface area (Å²) < 4.78 is 6.50. The van der Waals surface area contributed by atoms with Crippen LogP contribution in [0.5, 0.6) is 0 Å². The molecule has 1 saturated heterocycles. The summed E-state index contributed by atoms with van der Waals surface area (Å²) in [7, 11) is 0. The van der Waals surface area contributed by atoms with Crippen LogP contribution in [-0.2, 0) is 17.8 Å². The van der Waals surface area contributed by atoms with Gasteiger partial charge in [-0.3, -0.25) is 0 Å². The molecule has 0 spiro atoms. The number of aromatic amines is 1. The molecule has 0 amide bonds. The zero-order valence-electron chi connectivity index (χ0n) is 12.0. The van der Waals surface area contributed by atoms with Crippen molar-refractivity contribution in [3.05, 3.63) is 21.3 Å². The van der Waals surface area contributed by atoms with E-state index in [0.29, 0.717) is 16.8 Å². The molecule has 3 rings (SSSR count). The Balaban J connectivity index is 2.17. The van der Waals surface area contributed by atoms with Crippen molar-refractivity contribution < 1.29 is 4.74 Å². The molecular formula is C15H19N3OS. The number of ether oxygens (including phenoxy) is 1. The third-order valence-corrected chi connectivity index (χ3v) is 4.46. The normalized spacial score (nSPS) is 20.6. The van der Waals surface area contributed by atoms with Gasteiger partial charge < -0.3 is 14.6 Å². The number of anilines is 1. The van der Waals surface area contributed by atoms with E-state index in [2.05, 4.69) is 29.8 Å². The van der Waals surface area contributed by atoms with Crippen LogP contribution < -0.4 is 4.90 Å². The highest BCUT2D eigenvalue weighted by molar-refractivity contribution is 7.71. The van der Waals surface area contributed by atoms with E-state index < -0.39 is 0 Å². The minimum absolute atomic E-state index is 0.232. The number of hydrogen-bond donors (Lipinski definition) is 1. The number of nitrogens with zero attached hydrogens (tertiary/aromatic N) is 2. The number of pyridine rings is 1. The lowest BCUT2D eigenvalue weighted by Crippen LogP contribution is -2.34. The number of nitriles is 1. The summed E-state index contributed by atoms with van der Waals surface area (Å²) in [5.41, 5.74) is 2.59. The molecule has 2 aliphatic rings. The van der Waals surface area contributed by atoms with Crippen molar-refractivity contribution in [3.8, 4) is 6.07 Å². The van der Waals surface area contributed by atoms with Crippen molar-refractivity contribution >= 4 is 18.0 Å². The summed E-state index contributed by atoms with van der Waals surface area (Å²) >= 11 is 5.39. The molecule has 1 fully saturated rings. The van der Waals surface area contributed by atoms with Gasteiger partial charge in [0.2, 0.25) is 0 Å². The summed E-state index contributed by atoms with van der Waals surface area (Å²) in [6.45, 7) is 6.77. The van der Waals surface area contributed by atoms with E-state index in [1.54, 1.807) is 0 Å². The van der Waals surface area contributed by atoms with Crippen LogP contribution >= 0.6 is 12.2 Å². The third kappa shape index (κ3) is 2.23. The standard InChI is InChI=1S/C15H19N3OS/c1-15(2)7-10-11(8-16)14(20)17-13(12(10)9-19-15)18-5-3-4-6-18/h3-7,9H2,1-2H3,(H,17,20). The van der Waals surface area contributed by atoms with Crippen LogP contribution in [0.4, 0.5) is 5.82 Å². The number of hydrogen-bond acceptors (Lipinski definition) is 4. The van der Waals surface area contributed by atoms with Crippen molar-refractivity contribution in [2.45, 2.75) is 45.3 Å². The second kappa shape index (κ2) is 4.87. The molecule has 0 saturated carbocycles. The monoisotopic (exact) mass is 289 g/mol. The van der Waals surface area contributed by atoms with Gasteiger partial charge in [0.1, 0.15) is 16.5 Å². The number of H-pyrrole nitrogens is 1. The predicted molar refractivity (Wildman–Crippen MR) is 80.4 cm³/mol. The predicted octanol–water partition coefficient (Wildman–Crippen LogP) is 3.07. The van der Waals surface area contributed by atoms with Gasteiger partial charge in [-0.2, -0.15) is 5.26 Å². The van der Waals surface area contributed by atoms with Crippen molar-refractivity contribution in [2.75, 3.05) is 18.0 Å². The van der Waals surface area contributed by atoms with Crippen LogP contribution in [-0.4, -0.2) is 23.7 Å². The highest BCUT2D eigenvalue weighted by Crippen LogP contribution is 2.35. The summed E-state index contributed by atoms with van der Waals surface area (Å²) in [6, 6.07) is 2.27. The van der Waals surface area contributed by atoms with Gasteiger partial charge in [0, 0.05) is 25.1 Å². The molecule has 4 nitrogen and oxygen atoms in total. The average Bonchev–Trinajstić information content (AvgIpc) is 2.90. The Morgan fingerprint density at radius 3 is 2.65 bits per heavy atom. The Labute approximate surface area is 124 Å². The van der Waals surface area contributed by atoms with Gasteiger partial charge in [-0.25, -0.2) is 0 Å². The molecular weight excluding hydrogens is 270 g/mol. The van der Waals surface area contributed by atoms with Crippen LogP contribution in [0.1, 0.15) is 43.4 Å². The van der Waals surface area contributed by atoms with Gasteiger partial charge >= 0.3 is 0 Å². The maximum Gasteiger partial charge on any atom is 0.123 e. The van der Waals surface area contributed by atoms with Gasteiger partial charge in [0.05, 0.1) is 17.8 Å². The Morgan fingerprint density at radius 1 is 1.30 bits per heavy atom. The van der Waals surface area contributed by atoms with Crippen LogP contribution in [0.3, 0.4) is 0 Å². The first-order valence-electron chi connectivity index (χ1n) is 7.09. The maximum atomic E-state index is 9.41. The molecule has 0 atom stereocenters. The fourth-order valence-electron chi connectivity index (χ4n) is 3.10. The molecule has 0 unspecified atom stereocenters. The first-order chi connectivity index (χ1) is 9.52. The van der Waals surface area contributed by atoms with Crippen molar-refractivity contribution in [2.24, 2.45) is 0 Å². The van der Waals surface area contributed by atoms with E-state index in [1.807, 2.05) is 0 Å². The lowest BCUT2D eigenvalue weighted by molar-refractivity contribution is -0.0401. The van der Waals surface area contributed by atoms with Gasteiger partial charge in [0.25, 0.3) is 0 Å². The minimum atomic E-state index is -0.232. The van der Waals surface area contributed by atoms with Gasteiger partial charge in [-0.15, -0.1) is 0 Å².